The van der Waals surface area contributed by atoms with E-state index in [0.29, 0.717) is 12.1 Å². The van der Waals surface area contributed by atoms with Crippen molar-refractivity contribution in [1.82, 2.24) is 25.6 Å². The highest BCUT2D eigenvalue weighted by molar-refractivity contribution is 5.61. The molecule has 0 bridgehead atoms. The fourth-order valence-corrected chi connectivity index (χ4v) is 2.92. The third kappa shape index (κ3) is 1.41. The molecule has 3 heterocycles. The van der Waals surface area contributed by atoms with Gasteiger partial charge in [0.25, 0.3) is 0 Å². The Hall–Kier alpha value is -1.72. The van der Waals surface area contributed by atoms with Gasteiger partial charge >= 0.3 is 0 Å². The Morgan fingerprint density at radius 3 is 2.94 bits per heavy atom. The lowest BCUT2D eigenvalue weighted by molar-refractivity contribution is 0.329. The van der Waals surface area contributed by atoms with Gasteiger partial charge < -0.3 is 10.6 Å². The van der Waals surface area contributed by atoms with Gasteiger partial charge in [0.2, 0.25) is 0 Å². The Labute approximate surface area is 105 Å². The van der Waals surface area contributed by atoms with E-state index in [1.54, 1.807) is 0 Å². The Balaban J connectivity index is 1.80. The number of nitrogens with one attached hydrogen (secondary N) is 2. The molecule has 2 aromatic rings. The molecule has 92 valence electrons. The molecule has 2 atom stereocenters. The first kappa shape index (κ1) is 10.2. The molecule has 2 N–H and O–H groups in total. The van der Waals surface area contributed by atoms with Crippen LogP contribution in [-0.2, 0) is 6.54 Å². The van der Waals surface area contributed by atoms with Crippen LogP contribution in [0.5, 0.6) is 0 Å². The van der Waals surface area contributed by atoms with Gasteiger partial charge in [-0.15, -0.1) is 5.10 Å². The minimum atomic E-state index is 0.402. The highest BCUT2D eigenvalue weighted by Gasteiger charge is 2.35. The summed E-state index contributed by atoms with van der Waals surface area (Å²) < 4.78 is 2.10. The Morgan fingerprint density at radius 2 is 2.06 bits per heavy atom. The molecular formula is C13H15N5. The van der Waals surface area contributed by atoms with Crippen LogP contribution in [0.3, 0.4) is 0 Å². The van der Waals surface area contributed by atoms with Crippen molar-refractivity contribution in [3.63, 3.8) is 0 Å². The van der Waals surface area contributed by atoms with Gasteiger partial charge in [0.1, 0.15) is 5.69 Å². The van der Waals surface area contributed by atoms with E-state index in [2.05, 4.69) is 37.8 Å². The molecule has 2 aliphatic rings. The van der Waals surface area contributed by atoms with Gasteiger partial charge in [0.05, 0.1) is 11.7 Å². The van der Waals surface area contributed by atoms with E-state index < -0.39 is 0 Å². The molecule has 0 radical (unpaired) electrons. The number of aromatic nitrogens is 3. The maximum absolute atomic E-state index is 4.37. The highest BCUT2D eigenvalue weighted by atomic mass is 15.5. The van der Waals surface area contributed by atoms with Gasteiger partial charge in [-0.3, -0.25) is 0 Å². The minimum absolute atomic E-state index is 0.402. The molecule has 2 unspecified atom stereocenters. The summed E-state index contributed by atoms with van der Waals surface area (Å²) in [5, 5.41) is 15.7. The van der Waals surface area contributed by atoms with Crippen molar-refractivity contribution in [3.05, 3.63) is 36.0 Å². The van der Waals surface area contributed by atoms with Crippen LogP contribution < -0.4 is 10.6 Å². The maximum atomic E-state index is 4.37. The molecule has 1 aromatic carbocycles. The van der Waals surface area contributed by atoms with Crippen molar-refractivity contribution in [1.29, 1.82) is 0 Å². The Kier molecular flexibility index (Phi) is 2.21. The molecule has 5 heteroatoms. The standard InChI is InChI=1S/C13H15N5/c1-2-4-9(5-3-1)13-12-8-15-10-6-14-7-11(10)18(12)17-16-13/h1-5,10-11,14-15H,6-8H2. The molecule has 1 aromatic heterocycles. The van der Waals surface area contributed by atoms with E-state index in [9.17, 15) is 0 Å². The molecule has 0 saturated carbocycles. The molecule has 4 rings (SSSR count). The summed E-state index contributed by atoms with van der Waals surface area (Å²) in [6.45, 7) is 2.84. The minimum Gasteiger partial charge on any atom is -0.313 e. The molecule has 2 aliphatic heterocycles. The summed E-state index contributed by atoms with van der Waals surface area (Å²) in [5.41, 5.74) is 3.35. The van der Waals surface area contributed by atoms with E-state index in [0.717, 1.165) is 30.9 Å². The second-order valence-corrected chi connectivity index (χ2v) is 4.91. The lowest BCUT2D eigenvalue weighted by atomic mass is 10.1. The van der Waals surface area contributed by atoms with Gasteiger partial charge in [-0.1, -0.05) is 35.5 Å². The van der Waals surface area contributed by atoms with Crippen LogP contribution in [0.4, 0.5) is 0 Å². The highest BCUT2D eigenvalue weighted by Crippen LogP contribution is 2.28. The predicted molar refractivity (Wildman–Crippen MR) is 68.0 cm³/mol. The fraction of sp³-hybridized carbons (Fsp3) is 0.385. The fourth-order valence-electron chi connectivity index (χ4n) is 2.92. The zero-order chi connectivity index (χ0) is 11.9. The summed E-state index contributed by atoms with van der Waals surface area (Å²) in [7, 11) is 0. The molecule has 18 heavy (non-hydrogen) atoms. The third-order valence-electron chi connectivity index (χ3n) is 3.87. The molecule has 0 aliphatic carbocycles. The van der Waals surface area contributed by atoms with Crippen molar-refractivity contribution in [2.45, 2.75) is 18.6 Å². The van der Waals surface area contributed by atoms with E-state index >= 15 is 0 Å². The van der Waals surface area contributed by atoms with E-state index in [1.807, 2.05) is 18.2 Å². The van der Waals surface area contributed by atoms with Crippen LogP contribution in [0.25, 0.3) is 11.3 Å². The molecule has 0 amide bonds. The number of hydrogen-bond donors (Lipinski definition) is 2. The summed E-state index contributed by atoms with van der Waals surface area (Å²) in [5.74, 6) is 0. The number of rotatable bonds is 1. The van der Waals surface area contributed by atoms with Crippen LogP contribution >= 0.6 is 0 Å². The third-order valence-corrected chi connectivity index (χ3v) is 3.87. The number of fused-ring (bicyclic) bond motifs is 3. The van der Waals surface area contributed by atoms with Gasteiger partial charge in [-0.05, 0) is 0 Å². The zero-order valence-electron chi connectivity index (χ0n) is 10.0. The first-order chi connectivity index (χ1) is 8.93. The maximum Gasteiger partial charge on any atom is 0.117 e. The van der Waals surface area contributed by atoms with Crippen molar-refractivity contribution in [2.75, 3.05) is 13.1 Å². The first-order valence-electron chi connectivity index (χ1n) is 6.37. The largest absolute Gasteiger partial charge is 0.313 e. The zero-order valence-corrected chi connectivity index (χ0v) is 10.0. The van der Waals surface area contributed by atoms with Crippen LogP contribution in [0.1, 0.15) is 11.7 Å². The first-order valence-corrected chi connectivity index (χ1v) is 6.37. The van der Waals surface area contributed by atoms with Crippen LogP contribution in [0.15, 0.2) is 30.3 Å². The van der Waals surface area contributed by atoms with E-state index in [-0.39, 0.29) is 0 Å². The van der Waals surface area contributed by atoms with Gasteiger partial charge in [-0.2, -0.15) is 0 Å². The van der Waals surface area contributed by atoms with Gasteiger partial charge in [0.15, 0.2) is 0 Å². The number of hydrogen-bond acceptors (Lipinski definition) is 4. The molecule has 5 nitrogen and oxygen atoms in total. The van der Waals surface area contributed by atoms with Crippen molar-refractivity contribution >= 4 is 0 Å². The molecule has 1 fully saturated rings. The van der Waals surface area contributed by atoms with Crippen molar-refractivity contribution < 1.29 is 0 Å². The van der Waals surface area contributed by atoms with Crippen LogP contribution in [0.2, 0.25) is 0 Å². The average molecular weight is 241 g/mol. The average Bonchev–Trinajstić information content (AvgIpc) is 3.05. The smallest absolute Gasteiger partial charge is 0.117 e. The van der Waals surface area contributed by atoms with Gasteiger partial charge in [0, 0.05) is 31.2 Å². The monoisotopic (exact) mass is 241 g/mol. The lowest BCUT2D eigenvalue weighted by Gasteiger charge is -2.27. The Morgan fingerprint density at radius 1 is 1.17 bits per heavy atom. The SMILES string of the molecule is c1ccc(-c2nnn3c2CNC2CNCC23)cc1. The van der Waals surface area contributed by atoms with Crippen molar-refractivity contribution in [2.24, 2.45) is 0 Å². The van der Waals surface area contributed by atoms with E-state index in [1.165, 1.54) is 5.69 Å². The molecule has 0 spiro atoms. The van der Waals surface area contributed by atoms with E-state index in [4.69, 9.17) is 0 Å². The topological polar surface area (TPSA) is 54.8 Å². The summed E-state index contributed by atoms with van der Waals surface area (Å²) in [6.07, 6.45) is 0. The lowest BCUT2D eigenvalue weighted by Crippen LogP contribution is -2.42. The molecule has 1 saturated heterocycles. The number of benzene rings is 1. The normalized spacial score (nSPS) is 25.8. The predicted octanol–water partition coefficient (Wildman–Crippen LogP) is 0.561. The van der Waals surface area contributed by atoms with Crippen LogP contribution in [0, 0.1) is 0 Å². The summed E-state index contributed by atoms with van der Waals surface area (Å²) in [6, 6.07) is 11.2. The van der Waals surface area contributed by atoms with Crippen molar-refractivity contribution in [3.8, 4) is 11.3 Å². The summed E-state index contributed by atoms with van der Waals surface area (Å²) in [4.78, 5) is 0. The second kappa shape index (κ2) is 3.90. The quantitative estimate of drug-likeness (QED) is 0.766. The van der Waals surface area contributed by atoms with Gasteiger partial charge in [-0.25, -0.2) is 4.68 Å². The Bertz CT molecular complexity index is 562. The summed E-state index contributed by atoms with van der Waals surface area (Å²) >= 11 is 0. The number of nitrogens with zero attached hydrogens (tertiary/aromatic N) is 3. The van der Waals surface area contributed by atoms with Crippen LogP contribution in [-0.4, -0.2) is 34.1 Å². The molecular weight excluding hydrogens is 226 g/mol. The second-order valence-electron chi connectivity index (χ2n) is 4.91.